The van der Waals surface area contributed by atoms with E-state index in [1.54, 1.807) is 30.3 Å². The van der Waals surface area contributed by atoms with Gasteiger partial charge in [-0.25, -0.2) is 4.79 Å². The minimum absolute atomic E-state index is 0.0126. The molecular formula is C23H26ClNO5. The SMILES string of the molecule is Cc1cccc(C(=O)N[C@H](C(=O)OCc2cc(Cl)c3c(c2)OCCCO3)C(C)C)c1. The predicted molar refractivity (Wildman–Crippen MR) is 114 cm³/mol. The Morgan fingerprint density at radius 3 is 2.67 bits per heavy atom. The van der Waals surface area contributed by atoms with Gasteiger partial charge in [0.05, 0.1) is 18.2 Å². The van der Waals surface area contributed by atoms with Crippen molar-refractivity contribution in [3.8, 4) is 11.5 Å². The molecule has 0 aromatic heterocycles. The van der Waals surface area contributed by atoms with Crippen molar-refractivity contribution in [2.45, 2.75) is 39.8 Å². The van der Waals surface area contributed by atoms with Crippen LogP contribution in [0.4, 0.5) is 0 Å². The normalized spacial score (nSPS) is 14.0. The summed E-state index contributed by atoms with van der Waals surface area (Å²) in [6.45, 7) is 6.70. The van der Waals surface area contributed by atoms with Crippen LogP contribution in [0.1, 0.15) is 41.8 Å². The lowest BCUT2D eigenvalue weighted by molar-refractivity contribution is -0.148. The highest BCUT2D eigenvalue weighted by Crippen LogP contribution is 2.38. The van der Waals surface area contributed by atoms with E-state index >= 15 is 0 Å². The zero-order chi connectivity index (χ0) is 21.7. The second kappa shape index (κ2) is 9.85. The van der Waals surface area contributed by atoms with Crippen molar-refractivity contribution in [3.63, 3.8) is 0 Å². The van der Waals surface area contributed by atoms with Crippen LogP contribution in [0, 0.1) is 12.8 Å². The molecule has 2 aromatic carbocycles. The average molecular weight is 432 g/mol. The molecule has 1 aliphatic rings. The Kier molecular flexibility index (Phi) is 7.21. The molecule has 0 aliphatic carbocycles. The van der Waals surface area contributed by atoms with Gasteiger partial charge in [-0.3, -0.25) is 4.79 Å². The minimum atomic E-state index is -0.770. The molecule has 0 fully saturated rings. The fourth-order valence-corrected chi connectivity index (χ4v) is 3.41. The van der Waals surface area contributed by atoms with E-state index in [2.05, 4.69) is 5.32 Å². The summed E-state index contributed by atoms with van der Waals surface area (Å²) in [5, 5.41) is 3.19. The number of ether oxygens (including phenoxy) is 3. The lowest BCUT2D eigenvalue weighted by Crippen LogP contribution is -2.45. The van der Waals surface area contributed by atoms with Gasteiger partial charge in [0.15, 0.2) is 11.5 Å². The van der Waals surface area contributed by atoms with Crippen molar-refractivity contribution >= 4 is 23.5 Å². The third kappa shape index (κ3) is 5.45. The highest BCUT2D eigenvalue weighted by molar-refractivity contribution is 6.32. The Bertz CT molecular complexity index is 928. The Hall–Kier alpha value is -2.73. The van der Waals surface area contributed by atoms with Gasteiger partial charge in [-0.05, 0) is 42.7 Å². The summed E-state index contributed by atoms with van der Waals surface area (Å²) >= 11 is 6.30. The molecular weight excluding hydrogens is 406 g/mol. The van der Waals surface area contributed by atoms with E-state index in [4.69, 9.17) is 25.8 Å². The third-order valence-electron chi connectivity index (χ3n) is 4.73. The van der Waals surface area contributed by atoms with Crippen LogP contribution in [-0.4, -0.2) is 31.1 Å². The third-order valence-corrected chi connectivity index (χ3v) is 5.01. The first kappa shape index (κ1) is 22.0. The van der Waals surface area contributed by atoms with Crippen molar-refractivity contribution in [2.24, 2.45) is 5.92 Å². The van der Waals surface area contributed by atoms with E-state index in [0.717, 1.165) is 12.0 Å². The fraction of sp³-hybridized carbons (Fsp3) is 0.391. The van der Waals surface area contributed by atoms with Gasteiger partial charge >= 0.3 is 5.97 Å². The highest BCUT2D eigenvalue weighted by Gasteiger charge is 2.26. The second-order valence-corrected chi connectivity index (χ2v) is 8.03. The van der Waals surface area contributed by atoms with Crippen molar-refractivity contribution in [3.05, 3.63) is 58.1 Å². The molecule has 160 valence electrons. The van der Waals surface area contributed by atoms with E-state index in [1.165, 1.54) is 0 Å². The quantitative estimate of drug-likeness (QED) is 0.690. The van der Waals surface area contributed by atoms with E-state index < -0.39 is 12.0 Å². The molecule has 0 radical (unpaired) electrons. The van der Waals surface area contributed by atoms with Gasteiger partial charge in [-0.2, -0.15) is 0 Å². The number of esters is 1. The van der Waals surface area contributed by atoms with E-state index in [1.807, 2.05) is 26.8 Å². The molecule has 3 rings (SSSR count). The first-order chi connectivity index (χ1) is 14.3. The molecule has 1 heterocycles. The van der Waals surface area contributed by atoms with Crippen molar-refractivity contribution < 1.29 is 23.8 Å². The number of benzene rings is 2. The molecule has 0 unspecified atom stereocenters. The van der Waals surface area contributed by atoms with Crippen LogP contribution in [0.3, 0.4) is 0 Å². The highest BCUT2D eigenvalue weighted by atomic mass is 35.5. The van der Waals surface area contributed by atoms with Gasteiger partial charge in [0, 0.05) is 12.0 Å². The maximum atomic E-state index is 12.7. The van der Waals surface area contributed by atoms with Crippen LogP contribution < -0.4 is 14.8 Å². The van der Waals surface area contributed by atoms with Crippen molar-refractivity contribution in [1.29, 1.82) is 0 Å². The first-order valence-corrected chi connectivity index (χ1v) is 10.3. The Balaban J connectivity index is 1.66. The number of aryl methyl sites for hydroxylation is 1. The largest absolute Gasteiger partial charge is 0.489 e. The number of nitrogens with one attached hydrogen (secondary N) is 1. The minimum Gasteiger partial charge on any atom is -0.489 e. The summed E-state index contributed by atoms with van der Waals surface area (Å²) < 4.78 is 16.8. The zero-order valence-electron chi connectivity index (χ0n) is 17.4. The predicted octanol–water partition coefficient (Wildman–Crippen LogP) is 4.31. The van der Waals surface area contributed by atoms with E-state index in [-0.39, 0.29) is 18.4 Å². The zero-order valence-corrected chi connectivity index (χ0v) is 18.1. The lowest BCUT2D eigenvalue weighted by Gasteiger charge is -2.21. The number of halogens is 1. The molecule has 1 aliphatic heterocycles. The number of amides is 1. The fourth-order valence-electron chi connectivity index (χ4n) is 3.12. The maximum Gasteiger partial charge on any atom is 0.329 e. The van der Waals surface area contributed by atoms with Gasteiger partial charge in [-0.15, -0.1) is 0 Å². The molecule has 2 aromatic rings. The topological polar surface area (TPSA) is 73.9 Å². The smallest absolute Gasteiger partial charge is 0.329 e. The molecule has 30 heavy (non-hydrogen) atoms. The van der Waals surface area contributed by atoms with Crippen LogP contribution in [0.25, 0.3) is 0 Å². The standard InChI is InChI=1S/C23H26ClNO5/c1-14(2)20(25-22(26)17-7-4-6-15(3)10-17)23(27)30-13-16-11-18(24)21-19(12-16)28-8-5-9-29-21/h4,6-7,10-12,14,20H,5,8-9,13H2,1-3H3,(H,25,26)/t20-/m0/s1. The molecule has 1 atom stereocenters. The van der Waals surface area contributed by atoms with Gasteiger partial charge in [0.2, 0.25) is 0 Å². The summed E-state index contributed by atoms with van der Waals surface area (Å²) in [4.78, 5) is 25.3. The summed E-state index contributed by atoms with van der Waals surface area (Å²) in [6.07, 6.45) is 0.770. The van der Waals surface area contributed by atoms with Crippen LogP contribution in [0.2, 0.25) is 5.02 Å². The van der Waals surface area contributed by atoms with Crippen molar-refractivity contribution in [2.75, 3.05) is 13.2 Å². The van der Waals surface area contributed by atoms with Gasteiger partial charge < -0.3 is 19.5 Å². The van der Waals surface area contributed by atoms with Crippen molar-refractivity contribution in [1.82, 2.24) is 5.32 Å². The first-order valence-electron chi connectivity index (χ1n) is 9.97. The summed E-state index contributed by atoms with van der Waals surface area (Å²) in [6, 6.07) is 9.89. The number of hydrogen-bond donors (Lipinski definition) is 1. The molecule has 1 amide bonds. The van der Waals surface area contributed by atoms with Gasteiger partial charge in [-0.1, -0.05) is 43.1 Å². The van der Waals surface area contributed by atoms with Gasteiger partial charge in [0.25, 0.3) is 5.91 Å². The van der Waals surface area contributed by atoms with Crippen LogP contribution >= 0.6 is 11.6 Å². The molecule has 7 heteroatoms. The summed E-state index contributed by atoms with van der Waals surface area (Å²) in [7, 11) is 0. The molecule has 0 bridgehead atoms. The van der Waals surface area contributed by atoms with Gasteiger partial charge in [0.1, 0.15) is 12.6 Å². The molecule has 1 N–H and O–H groups in total. The van der Waals surface area contributed by atoms with Crippen LogP contribution in [-0.2, 0) is 16.1 Å². The summed E-state index contributed by atoms with van der Waals surface area (Å²) in [5.41, 5.74) is 2.16. The molecule has 0 spiro atoms. The number of fused-ring (bicyclic) bond motifs is 1. The summed E-state index contributed by atoms with van der Waals surface area (Å²) in [5.74, 6) is 0.0924. The lowest BCUT2D eigenvalue weighted by atomic mass is 10.0. The Morgan fingerprint density at radius 1 is 1.17 bits per heavy atom. The maximum absolute atomic E-state index is 12.7. The Morgan fingerprint density at radius 2 is 1.93 bits per heavy atom. The van der Waals surface area contributed by atoms with E-state index in [0.29, 0.717) is 40.9 Å². The van der Waals surface area contributed by atoms with Crippen LogP contribution in [0.15, 0.2) is 36.4 Å². The van der Waals surface area contributed by atoms with Crippen LogP contribution in [0.5, 0.6) is 11.5 Å². The molecule has 6 nitrogen and oxygen atoms in total. The molecule has 0 saturated carbocycles. The van der Waals surface area contributed by atoms with E-state index in [9.17, 15) is 9.59 Å². The number of hydrogen-bond acceptors (Lipinski definition) is 5. The Labute approximate surface area is 181 Å². The number of carbonyl (C=O) groups excluding carboxylic acids is 2. The number of carbonyl (C=O) groups is 2. The monoisotopic (exact) mass is 431 g/mol. The number of rotatable bonds is 6. The average Bonchev–Trinajstić information content (AvgIpc) is 2.95. The second-order valence-electron chi connectivity index (χ2n) is 7.63. The molecule has 0 saturated heterocycles.